The Hall–Kier alpha value is -7.67. The third-order valence-corrected chi connectivity index (χ3v) is 10.7. The van der Waals surface area contributed by atoms with E-state index in [0.717, 1.165) is 96.9 Å². The molecule has 0 bridgehead atoms. The molecule has 6 rings (SSSR count). The lowest BCUT2D eigenvalue weighted by molar-refractivity contribution is -0.138. The van der Waals surface area contributed by atoms with E-state index in [0.29, 0.717) is 67.4 Å². The van der Waals surface area contributed by atoms with Gasteiger partial charge in [-0.15, -0.1) is 0 Å². The molecular formula is C55H57NO12. The molecule has 1 aromatic heterocycles. The summed E-state index contributed by atoms with van der Waals surface area (Å²) >= 11 is 0. The fraction of sp³-hybridized carbons (Fsp3) is 0.291. The zero-order chi connectivity index (χ0) is 47.9. The third-order valence-electron chi connectivity index (χ3n) is 10.7. The molecule has 13 nitrogen and oxygen atoms in total. The van der Waals surface area contributed by atoms with E-state index in [4.69, 9.17) is 38.1 Å². The molecule has 6 aromatic rings. The van der Waals surface area contributed by atoms with Crippen LogP contribution in [0, 0.1) is 0 Å². The Bertz CT molecular complexity index is 2620. The first-order valence-electron chi connectivity index (χ1n) is 22.9. The zero-order valence-electron chi connectivity index (χ0n) is 38.2. The van der Waals surface area contributed by atoms with Gasteiger partial charge in [0.2, 0.25) is 5.88 Å². The molecule has 0 aliphatic carbocycles. The van der Waals surface area contributed by atoms with Crippen molar-refractivity contribution in [1.29, 1.82) is 0 Å². The van der Waals surface area contributed by atoms with Crippen LogP contribution in [0.1, 0.15) is 75.3 Å². The summed E-state index contributed by atoms with van der Waals surface area (Å²) in [5.74, 6) is 1.28. The first kappa shape index (κ1) is 49.8. The number of rotatable bonds is 28. The van der Waals surface area contributed by atoms with Crippen LogP contribution in [0.2, 0.25) is 0 Å². The molecule has 1 heterocycles. The second-order valence-corrected chi connectivity index (χ2v) is 15.9. The predicted molar refractivity (Wildman–Crippen MR) is 258 cm³/mol. The number of phenols is 1. The Morgan fingerprint density at radius 2 is 0.926 bits per heavy atom. The Morgan fingerprint density at radius 1 is 0.485 bits per heavy atom. The SMILES string of the molecule is C=CC(=O)OCCCCCCOc1ccc(CCC(=O)Oc2ccc3c(c2)nc(Oc2ccc(O)cc2)c2cc(OC(=O)CCc4ccc(OCCCCCCOC(=O)C=C)cc4)ccc23)cc1. The van der Waals surface area contributed by atoms with Crippen molar-refractivity contribution in [3.8, 4) is 40.4 Å². The number of fused-ring (bicyclic) bond motifs is 3. The quantitative estimate of drug-likeness (QED) is 0.0163. The van der Waals surface area contributed by atoms with Crippen LogP contribution in [0.25, 0.3) is 21.7 Å². The lowest BCUT2D eigenvalue weighted by atomic mass is 10.1. The molecule has 0 unspecified atom stereocenters. The van der Waals surface area contributed by atoms with Gasteiger partial charge in [0.15, 0.2) is 0 Å². The Balaban J connectivity index is 1.00. The number of unbranched alkanes of at least 4 members (excludes halogenated alkanes) is 6. The average Bonchev–Trinajstić information content (AvgIpc) is 3.35. The van der Waals surface area contributed by atoms with Crippen molar-refractivity contribution in [2.75, 3.05) is 26.4 Å². The number of ether oxygens (including phenoxy) is 7. The molecule has 0 saturated heterocycles. The number of pyridine rings is 1. The molecule has 0 spiro atoms. The molecule has 0 amide bonds. The Labute approximate surface area is 396 Å². The van der Waals surface area contributed by atoms with Gasteiger partial charge in [-0.2, -0.15) is 0 Å². The van der Waals surface area contributed by atoms with Gasteiger partial charge in [-0.3, -0.25) is 9.59 Å². The Morgan fingerprint density at radius 3 is 1.43 bits per heavy atom. The maximum atomic E-state index is 13.1. The van der Waals surface area contributed by atoms with Crippen molar-refractivity contribution < 1.29 is 57.4 Å². The van der Waals surface area contributed by atoms with Gasteiger partial charge in [-0.25, -0.2) is 14.6 Å². The van der Waals surface area contributed by atoms with Crippen molar-refractivity contribution >= 4 is 45.6 Å². The van der Waals surface area contributed by atoms with Gasteiger partial charge in [0.05, 0.1) is 31.9 Å². The molecule has 68 heavy (non-hydrogen) atoms. The van der Waals surface area contributed by atoms with Gasteiger partial charge >= 0.3 is 23.9 Å². The number of esters is 4. The number of aromatic hydroxyl groups is 1. The summed E-state index contributed by atoms with van der Waals surface area (Å²) < 4.78 is 39.5. The van der Waals surface area contributed by atoms with Gasteiger partial charge in [0.1, 0.15) is 34.5 Å². The van der Waals surface area contributed by atoms with Crippen LogP contribution in [0.15, 0.2) is 135 Å². The van der Waals surface area contributed by atoms with Crippen LogP contribution < -0.4 is 23.7 Å². The van der Waals surface area contributed by atoms with Crippen LogP contribution in [0.3, 0.4) is 0 Å². The number of nitrogens with zero attached hydrogens (tertiary/aromatic N) is 1. The summed E-state index contributed by atoms with van der Waals surface area (Å²) in [6.07, 6.45) is 10.8. The number of hydrogen-bond donors (Lipinski definition) is 1. The highest BCUT2D eigenvalue weighted by Gasteiger charge is 2.16. The van der Waals surface area contributed by atoms with Gasteiger partial charge in [0.25, 0.3) is 0 Å². The second-order valence-electron chi connectivity index (χ2n) is 15.9. The van der Waals surface area contributed by atoms with E-state index in [-0.39, 0.29) is 24.5 Å². The Kier molecular flexibility index (Phi) is 19.4. The molecule has 13 heteroatoms. The summed E-state index contributed by atoms with van der Waals surface area (Å²) in [6, 6.07) is 32.0. The lowest BCUT2D eigenvalue weighted by Crippen LogP contribution is -2.09. The van der Waals surface area contributed by atoms with E-state index in [2.05, 4.69) is 13.2 Å². The highest BCUT2D eigenvalue weighted by molar-refractivity contribution is 6.08. The molecule has 354 valence electrons. The fourth-order valence-electron chi connectivity index (χ4n) is 7.09. The first-order chi connectivity index (χ1) is 33.1. The summed E-state index contributed by atoms with van der Waals surface area (Å²) in [4.78, 5) is 53.1. The van der Waals surface area contributed by atoms with Crippen molar-refractivity contribution in [1.82, 2.24) is 4.98 Å². The summed E-state index contributed by atoms with van der Waals surface area (Å²) in [7, 11) is 0. The zero-order valence-corrected chi connectivity index (χ0v) is 38.2. The molecule has 0 atom stereocenters. The monoisotopic (exact) mass is 923 g/mol. The summed E-state index contributed by atoms with van der Waals surface area (Å²) in [5, 5.41) is 12.0. The van der Waals surface area contributed by atoms with Crippen LogP contribution in [0.4, 0.5) is 0 Å². The van der Waals surface area contributed by atoms with Crippen LogP contribution >= 0.6 is 0 Å². The normalized spacial score (nSPS) is 10.8. The van der Waals surface area contributed by atoms with E-state index in [1.165, 1.54) is 12.1 Å². The molecule has 0 fully saturated rings. The minimum absolute atomic E-state index is 0.0802. The highest BCUT2D eigenvalue weighted by atomic mass is 16.5. The lowest BCUT2D eigenvalue weighted by Gasteiger charge is -2.13. The number of hydrogen-bond acceptors (Lipinski definition) is 13. The van der Waals surface area contributed by atoms with Gasteiger partial charge in [0, 0.05) is 41.8 Å². The number of carbonyl (C=O) groups is 4. The van der Waals surface area contributed by atoms with Crippen LogP contribution in [0.5, 0.6) is 40.4 Å². The van der Waals surface area contributed by atoms with Crippen molar-refractivity contribution in [3.05, 3.63) is 146 Å². The minimum Gasteiger partial charge on any atom is -0.508 e. The van der Waals surface area contributed by atoms with E-state index in [9.17, 15) is 24.3 Å². The molecule has 5 aromatic carbocycles. The number of carbonyl (C=O) groups excluding carboxylic acids is 4. The van der Waals surface area contributed by atoms with Gasteiger partial charge in [-0.05, 0) is 160 Å². The maximum Gasteiger partial charge on any atom is 0.330 e. The van der Waals surface area contributed by atoms with E-state index >= 15 is 0 Å². The molecular weight excluding hydrogens is 867 g/mol. The third kappa shape index (κ3) is 16.3. The van der Waals surface area contributed by atoms with E-state index in [1.54, 1.807) is 36.4 Å². The largest absolute Gasteiger partial charge is 0.508 e. The van der Waals surface area contributed by atoms with E-state index < -0.39 is 23.9 Å². The topological polar surface area (TPSA) is 166 Å². The number of phenolic OH excluding ortho intramolecular Hbond substituents is 1. The second kappa shape index (κ2) is 26.5. The number of aromatic nitrogens is 1. The highest BCUT2D eigenvalue weighted by Crippen LogP contribution is 2.37. The number of aryl methyl sites for hydroxylation is 2. The minimum atomic E-state index is -0.405. The van der Waals surface area contributed by atoms with Crippen molar-refractivity contribution in [3.63, 3.8) is 0 Å². The maximum absolute atomic E-state index is 13.1. The smallest absolute Gasteiger partial charge is 0.330 e. The standard InChI is InChI=1S/C55H57NO12/c1-3-51(58)64-35-11-7-5-9-33-62-42-21-13-39(14-22-42)17-31-53(60)66-45-27-29-47-48-30-28-46(38-50(48)56-55(49(47)37-45)68-44-25-19-41(57)20-26-44)67-54(61)32-18-40-15-23-43(24-16-40)63-34-10-6-8-12-36-65-52(59)4-2/h3-4,13-16,19-30,37-38,57H,1-2,5-12,17-18,31-36H2. The van der Waals surface area contributed by atoms with Gasteiger partial charge in [-0.1, -0.05) is 37.4 Å². The first-order valence-corrected chi connectivity index (χ1v) is 22.9. The van der Waals surface area contributed by atoms with Crippen molar-refractivity contribution in [2.24, 2.45) is 0 Å². The number of benzene rings is 5. The van der Waals surface area contributed by atoms with Gasteiger partial charge < -0.3 is 38.3 Å². The fourth-order valence-corrected chi connectivity index (χ4v) is 7.09. The molecule has 0 radical (unpaired) electrons. The molecule has 0 aliphatic heterocycles. The van der Waals surface area contributed by atoms with Crippen LogP contribution in [-0.2, 0) is 41.5 Å². The van der Waals surface area contributed by atoms with E-state index in [1.807, 2.05) is 60.7 Å². The molecule has 0 saturated carbocycles. The molecule has 1 N–H and O–H groups in total. The average molecular weight is 924 g/mol. The predicted octanol–water partition coefficient (Wildman–Crippen LogP) is 11.3. The van der Waals surface area contributed by atoms with Crippen molar-refractivity contribution in [2.45, 2.75) is 77.0 Å². The molecule has 0 aliphatic rings. The van der Waals surface area contributed by atoms with Crippen LogP contribution in [-0.4, -0.2) is 60.4 Å². The summed E-state index contributed by atoms with van der Waals surface area (Å²) in [5.41, 5.74) is 2.45. The summed E-state index contributed by atoms with van der Waals surface area (Å²) in [6.45, 7) is 8.71.